The molecule has 6 heteroatoms. The van der Waals surface area contributed by atoms with Crippen LogP contribution in [0, 0.1) is 18.8 Å². The lowest BCUT2D eigenvalue weighted by atomic mass is 9.66. The van der Waals surface area contributed by atoms with Gasteiger partial charge in [-0.15, -0.1) is 0 Å². The summed E-state index contributed by atoms with van der Waals surface area (Å²) >= 11 is 6.12. The van der Waals surface area contributed by atoms with Gasteiger partial charge >= 0.3 is 0 Å². The molecule has 5 nitrogen and oxygen atoms in total. The molecule has 1 aromatic carbocycles. The Labute approximate surface area is 152 Å². The third-order valence-corrected chi connectivity index (χ3v) is 6.38. The Hall–Kier alpha value is -1.14. The third-order valence-electron chi connectivity index (χ3n) is 6.14. The molecule has 0 saturated carbocycles. The minimum atomic E-state index is -0.802. The van der Waals surface area contributed by atoms with E-state index in [9.17, 15) is 9.90 Å². The highest BCUT2D eigenvalue weighted by Gasteiger charge is 2.56. The maximum atomic E-state index is 13.3. The van der Waals surface area contributed by atoms with Crippen molar-refractivity contribution in [3.63, 3.8) is 0 Å². The highest BCUT2D eigenvalue weighted by Crippen LogP contribution is 2.44. The molecule has 4 atom stereocenters. The molecule has 136 valence electrons. The monoisotopic (exact) mass is 365 g/mol. The summed E-state index contributed by atoms with van der Waals surface area (Å²) in [5, 5.41) is 11.9. The summed E-state index contributed by atoms with van der Waals surface area (Å²) in [5.74, 6) is -0.149. The summed E-state index contributed by atoms with van der Waals surface area (Å²) < 4.78 is 11.3. The minimum Gasteiger partial charge on any atom is -0.389 e. The number of benzene rings is 1. The van der Waals surface area contributed by atoms with E-state index in [4.69, 9.17) is 21.1 Å². The van der Waals surface area contributed by atoms with Gasteiger partial charge in [0.25, 0.3) is 5.91 Å². The SMILES string of the molecule is Cc1ccc(Cl)cc1C(=O)N1C[C@@H]2COCC[C@]2(O)[C@H]2COCC[C@H]21. The Morgan fingerprint density at radius 1 is 1.32 bits per heavy atom. The minimum absolute atomic E-state index is 0.000943. The van der Waals surface area contributed by atoms with Crippen molar-refractivity contribution >= 4 is 17.5 Å². The Balaban J connectivity index is 1.69. The van der Waals surface area contributed by atoms with Crippen LogP contribution in [0.3, 0.4) is 0 Å². The standard InChI is InChI=1S/C19H24ClNO4/c1-12-2-3-14(20)8-15(12)18(22)21-9-13-10-25-7-5-19(13,23)16-11-24-6-4-17(16)21/h2-3,8,13,16-17,23H,4-7,9-11H2,1H3/t13-,16+,17-,19-/m1/s1. The number of amides is 1. The van der Waals surface area contributed by atoms with E-state index in [0.29, 0.717) is 50.0 Å². The number of hydrogen-bond donors (Lipinski definition) is 1. The molecule has 3 fully saturated rings. The van der Waals surface area contributed by atoms with E-state index < -0.39 is 5.60 Å². The highest BCUT2D eigenvalue weighted by atomic mass is 35.5. The lowest BCUT2D eigenvalue weighted by Gasteiger charge is -2.57. The molecule has 25 heavy (non-hydrogen) atoms. The van der Waals surface area contributed by atoms with Crippen molar-refractivity contribution in [2.24, 2.45) is 11.8 Å². The van der Waals surface area contributed by atoms with Crippen molar-refractivity contribution in [2.75, 3.05) is 33.0 Å². The molecule has 0 aromatic heterocycles. The van der Waals surface area contributed by atoms with Gasteiger partial charge in [-0.2, -0.15) is 0 Å². The topological polar surface area (TPSA) is 59.0 Å². The van der Waals surface area contributed by atoms with Crippen molar-refractivity contribution in [3.05, 3.63) is 34.3 Å². The molecule has 0 unspecified atom stereocenters. The average molecular weight is 366 g/mol. The van der Waals surface area contributed by atoms with Crippen LogP contribution >= 0.6 is 11.6 Å². The predicted octanol–water partition coefficient (Wildman–Crippen LogP) is 2.28. The summed E-state index contributed by atoms with van der Waals surface area (Å²) in [5.41, 5.74) is 0.752. The number of hydrogen-bond acceptors (Lipinski definition) is 4. The quantitative estimate of drug-likeness (QED) is 0.829. The first-order chi connectivity index (χ1) is 12.0. The number of piperidine rings is 1. The molecular formula is C19H24ClNO4. The number of fused-ring (bicyclic) bond motifs is 3. The molecule has 0 radical (unpaired) electrons. The number of rotatable bonds is 1. The molecule has 1 aromatic rings. The molecule has 0 spiro atoms. The summed E-state index contributed by atoms with van der Waals surface area (Å²) in [6.45, 7) is 4.61. The first kappa shape index (κ1) is 17.3. The van der Waals surface area contributed by atoms with Gasteiger partial charge in [-0.25, -0.2) is 0 Å². The number of likely N-dealkylation sites (tertiary alicyclic amines) is 1. The van der Waals surface area contributed by atoms with Crippen LogP contribution in [-0.4, -0.2) is 60.5 Å². The number of ether oxygens (including phenoxy) is 2. The van der Waals surface area contributed by atoms with Gasteiger partial charge < -0.3 is 19.5 Å². The number of carbonyl (C=O) groups is 1. The Kier molecular flexibility index (Phi) is 4.52. The van der Waals surface area contributed by atoms with Crippen LogP contribution in [0.2, 0.25) is 5.02 Å². The van der Waals surface area contributed by atoms with Gasteiger partial charge in [0.05, 0.1) is 18.8 Å². The van der Waals surface area contributed by atoms with Gasteiger partial charge in [0, 0.05) is 54.6 Å². The fraction of sp³-hybridized carbons (Fsp3) is 0.632. The van der Waals surface area contributed by atoms with Crippen LogP contribution in [0.5, 0.6) is 0 Å². The van der Waals surface area contributed by atoms with E-state index in [2.05, 4.69) is 0 Å². The van der Waals surface area contributed by atoms with Gasteiger partial charge in [0.1, 0.15) is 0 Å². The van der Waals surface area contributed by atoms with Gasteiger partial charge in [0.2, 0.25) is 0 Å². The summed E-state index contributed by atoms with van der Waals surface area (Å²) in [6, 6.07) is 5.42. The molecule has 4 rings (SSSR count). The number of aliphatic hydroxyl groups is 1. The molecule has 3 aliphatic heterocycles. The van der Waals surface area contributed by atoms with E-state index in [1.165, 1.54) is 0 Å². The smallest absolute Gasteiger partial charge is 0.254 e. The molecular weight excluding hydrogens is 342 g/mol. The maximum Gasteiger partial charge on any atom is 0.254 e. The van der Waals surface area contributed by atoms with Gasteiger partial charge in [-0.1, -0.05) is 17.7 Å². The first-order valence-corrected chi connectivity index (χ1v) is 9.33. The molecule has 3 aliphatic rings. The second-order valence-corrected chi connectivity index (χ2v) is 7.90. The largest absolute Gasteiger partial charge is 0.389 e. The average Bonchev–Trinajstić information content (AvgIpc) is 2.62. The van der Waals surface area contributed by atoms with E-state index >= 15 is 0 Å². The third kappa shape index (κ3) is 2.87. The van der Waals surface area contributed by atoms with Crippen molar-refractivity contribution < 1.29 is 19.4 Å². The number of aryl methyl sites for hydroxylation is 1. The van der Waals surface area contributed by atoms with E-state index in [-0.39, 0.29) is 23.8 Å². The first-order valence-electron chi connectivity index (χ1n) is 8.95. The zero-order chi connectivity index (χ0) is 17.6. The molecule has 0 bridgehead atoms. The Morgan fingerprint density at radius 2 is 2.12 bits per heavy atom. The molecule has 3 heterocycles. The van der Waals surface area contributed by atoms with Crippen LogP contribution in [0.1, 0.15) is 28.8 Å². The van der Waals surface area contributed by atoms with Crippen molar-refractivity contribution in [2.45, 2.75) is 31.4 Å². The lowest BCUT2D eigenvalue weighted by Crippen LogP contribution is -2.68. The Morgan fingerprint density at radius 3 is 2.96 bits per heavy atom. The lowest BCUT2D eigenvalue weighted by molar-refractivity contribution is -0.212. The van der Waals surface area contributed by atoms with Crippen LogP contribution in [0.4, 0.5) is 0 Å². The summed E-state index contributed by atoms with van der Waals surface area (Å²) in [7, 11) is 0. The molecule has 1 N–H and O–H groups in total. The van der Waals surface area contributed by atoms with Crippen LogP contribution < -0.4 is 0 Å². The summed E-state index contributed by atoms with van der Waals surface area (Å²) in [4.78, 5) is 15.2. The normalized spacial score (nSPS) is 35.0. The van der Waals surface area contributed by atoms with E-state index in [1.54, 1.807) is 12.1 Å². The zero-order valence-electron chi connectivity index (χ0n) is 14.4. The number of nitrogens with zero attached hydrogens (tertiary/aromatic N) is 1. The second kappa shape index (κ2) is 6.54. The van der Waals surface area contributed by atoms with Gasteiger partial charge in [-0.3, -0.25) is 4.79 Å². The second-order valence-electron chi connectivity index (χ2n) is 7.47. The van der Waals surface area contributed by atoms with Crippen LogP contribution in [-0.2, 0) is 9.47 Å². The van der Waals surface area contributed by atoms with Crippen LogP contribution in [0.15, 0.2) is 18.2 Å². The van der Waals surface area contributed by atoms with E-state index in [1.807, 2.05) is 17.9 Å². The zero-order valence-corrected chi connectivity index (χ0v) is 15.2. The Bertz CT molecular complexity index is 681. The molecule has 1 amide bonds. The number of halogens is 1. The fourth-order valence-electron chi connectivity index (χ4n) is 4.67. The van der Waals surface area contributed by atoms with E-state index in [0.717, 1.165) is 12.0 Å². The van der Waals surface area contributed by atoms with Crippen molar-refractivity contribution in [1.29, 1.82) is 0 Å². The van der Waals surface area contributed by atoms with Crippen LogP contribution in [0.25, 0.3) is 0 Å². The van der Waals surface area contributed by atoms with Crippen molar-refractivity contribution in [3.8, 4) is 0 Å². The fourth-order valence-corrected chi connectivity index (χ4v) is 4.84. The number of carbonyl (C=O) groups excluding carboxylic acids is 1. The predicted molar refractivity (Wildman–Crippen MR) is 93.8 cm³/mol. The van der Waals surface area contributed by atoms with Gasteiger partial charge in [-0.05, 0) is 31.0 Å². The molecule has 0 aliphatic carbocycles. The highest BCUT2D eigenvalue weighted by molar-refractivity contribution is 6.31. The van der Waals surface area contributed by atoms with Crippen molar-refractivity contribution in [1.82, 2.24) is 4.90 Å². The summed E-state index contributed by atoms with van der Waals surface area (Å²) in [6.07, 6.45) is 1.37. The van der Waals surface area contributed by atoms with Gasteiger partial charge in [0.15, 0.2) is 0 Å². The maximum absolute atomic E-state index is 13.3. The molecule has 3 saturated heterocycles.